The van der Waals surface area contributed by atoms with Crippen LogP contribution in [0.4, 0.5) is 0 Å². The van der Waals surface area contributed by atoms with E-state index in [1.54, 1.807) is 37.3 Å². The second kappa shape index (κ2) is 5.58. The molecule has 0 aliphatic heterocycles. The van der Waals surface area contributed by atoms with Crippen molar-refractivity contribution in [1.29, 1.82) is 0 Å². The first-order chi connectivity index (χ1) is 9.08. The summed E-state index contributed by atoms with van der Waals surface area (Å²) in [6.45, 7) is 1.63. The van der Waals surface area contributed by atoms with Crippen LogP contribution in [-0.2, 0) is 10.4 Å². The van der Waals surface area contributed by atoms with Crippen molar-refractivity contribution in [2.75, 3.05) is 6.54 Å². The Morgan fingerprint density at radius 3 is 2.74 bits per heavy atom. The zero-order chi connectivity index (χ0) is 13.7. The molecular formula is C14H15NO4. The molecule has 0 aliphatic rings. The van der Waals surface area contributed by atoms with Crippen molar-refractivity contribution in [2.45, 2.75) is 12.5 Å². The topological polar surface area (TPSA) is 75.6 Å². The van der Waals surface area contributed by atoms with E-state index in [4.69, 9.17) is 8.83 Å². The van der Waals surface area contributed by atoms with E-state index in [9.17, 15) is 9.90 Å². The number of furan rings is 2. The van der Waals surface area contributed by atoms with Gasteiger partial charge in [0.05, 0.1) is 19.1 Å². The fraction of sp³-hybridized carbons (Fsp3) is 0.214. The predicted octanol–water partition coefficient (Wildman–Crippen LogP) is 1.91. The first-order valence-corrected chi connectivity index (χ1v) is 5.84. The second-order valence-corrected chi connectivity index (χ2v) is 4.32. The van der Waals surface area contributed by atoms with Gasteiger partial charge in [-0.1, -0.05) is 0 Å². The van der Waals surface area contributed by atoms with E-state index in [1.165, 1.54) is 18.6 Å². The monoisotopic (exact) mass is 261 g/mol. The summed E-state index contributed by atoms with van der Waals surface area (Å²) >= 11 is 0. The molecule has 1 unspecified atom stereocenters. The molecule has 19 heavy (non-hydrogen) atoms. The Morgan fingerprint density at radius 2 is 2.11 bits per heavy atom. The minimum atomic E-state index is -1.24. The molecule has 2 aromatic rings. The van der Waals surface area contributed by atoms with Crippen molar-refractivity contribution >= 4 is 12.0 Å². The first kappa shape index (κ1) is 13.2. The number of carbonyl (C=O) groups is 1. The molecule has 0 radical (unpaired) electrons. The van der Waals surface area contributed by atoms with Crippen LogP contribution in [0.3, 0.4) is 0 Å². The van der Waals surface area contributed by atoms with Crippen LogP contribution in [0.2, 0.25) is 0 Å². The lowest BCUT2D eigenvalue weighted by atomic mass is 10.0. The molecule has 2 N–H and O–H groups in total. The lowest BCUT2D eigenvalue weighted by Crippen LogP contribution is -2.37. The van der Waals surface area contributed by atoms with Gasteiger partial charge in [-0.2, -0.15) is 0 Å². The predicted molar refractivity (Wildman–Crippen MR) is 69.0 cm³/mol. The highest BCUT2D eigenvalue weighted by Gasteiger charge is 2.26. The number of amides is 1. The van der Waals surface area contributed by atoms with Crippen LogP contribution in [0.1, 0.15) is 18.4 Å². The molecule has 5 heteroatoms. The van der Waals surface area contributed by atoms with Crippen LogP contribution in [-0.4, -0.2) is 17.6 Å². The van der Waals surface area contributed by atoms with E-state index in [1.807, 2.05) is 0 Å². The van der Waals surface area contributed by atoms with E-state index in [2.05, 4.69) is 5.32 Å². The molecule has 0 fully saturated rings. The molecule has 0 bridgehead atoms. The van der Waals surface area contributed by atoms with Gasteiger partial charge in [-0.3, -0.25) is 4.79 Å². The van der Waals surface area contributed by atoms with Crippen molar-refractivity contribution in [1.82, 2.24) is 5.32 Å². The van der Waals surface area contributed by atoms with Crippen LogP contribution in [0.15, 0.2) is 51.7 Å². The van der Waals surface area contributed by atoms with E-state index in [0.717, 1.165) is 0 Å². The Hall–Kier alpha value is -2.27. The Labute approximate surface area is 110 Å². The van der Waals surface area contributed by atoms with Gasteiger partial charge < -0.3 is 19.3 Å². The van der Waals surface area contributed by atoms with Gasteiger partial charge in [0.1, 0.15) is 17.1 Å². The molecule has 0 spiro atoms. The average Bonchev–Trinajstić information content (AvgIpc) is 3.06. The van der Waals surface area contributed by atoms with Crippen molar-refractivity contribution in [3.63, 3.8) is 0 Å². The Morgan fingerprint density at radius 1 is 1.37 bits per heavy atom. The van der Waals surface area contributed by atoms with E-state index in [-0.39, 0.29) is 12.5 Å². The average molecular weight is 261 g/mol. The summed E-state index contributed by atoms with van der Waals surface area (Å²) in [7, 11) is 0. The number of nitrogens with one attached hydrogen (secondary N) is 1. The number of carbonyl (C=O) groups excluding carboxylic acids is 1. The van der Waals surface area contributed by atoms with Crippen LogP contribution >= 0.6 is 0 Å². The maximum absolute atomic E-state index is 11.6. The van der Waals surface area contributed by atoms with Gasteiger partial charge in [-0.05, 0) is 37.3 Å². The fourth-order valence-electron chi connectivity index (χ4n) is 1.53. The summed E-state index contributed by atoms with van der Waals surface area (Å²) < 4.78 is 10.2. The summed E-state index contributed by atoms with van der Waals surface area (Å²) in [4.78, 5) is 11.6. The van der Waals surface area contributed by atoms with E-state index < -0.39 is 5.60 Å². The number of hydrogen-bond donors (Lipinski definition) is 2. The summed E-state index contributed by atoms with van der Waals surface area (Å²) in [5.74, 6) is 0.680. The molecule has 0 saturated carbocycles. The van der Waals surface area contributed by atoms with Crippen LogP contribution < -0.4 is 5.32 Å². The van der Waals surface area contributed by atoms with Gasteiger partial charge in [-0.15, -0.1) is 0 Å². The van der Waals surface area contributed by atoms with Gasteiger partial charge in [-0.25, -0.2) is 0 Å². The highest BCUT2D eigenvalue weighted by atomic mass is 16.4. The lowest BCUT2D eigenvalue weighted by Gasteiger charge is -2.20. The molecular weight excluding hydrogens is 246 g/mol. The largest absolute Gasteiger partial charge is 0.466 e. The van der Waals surface area contributed by atoms with Gasteiger partial charge in [0.25, 0.3) is 0 Å². The van der Waals surface area contributed by atoms with Gasteiger partial charge in [0, 0.05) is 6.08 Å². The van der Waals surface area contributed by atoms with Gasteiger partial charge in [0.2, 0.25) is 5.91 Å². The van der Waals surface area contributed by atoms with Gasteiger partial charge >= 0.3 is 0 Å². The zero-order valence-corrected chi connectivity index (χ0v) is 10.5. The molecule has 0 aliphatic carbocycles. The maximum Gasteiger partial charge on any atom is 0.244 e. The SMILES string of the molecule is CC(O)(CNC(=O)/C=C/c1ccco1)c1ccco1. The van der Waals surface area contributed by atoms with Crippen molar-refractivity contribution in [3.8, 4) is 0 Å². The molecule has 5 nitrogen and oxygen atoms in total. The quantitative estimate of drug-likeness (QED) is 0.806. The third-order valence-corrected chi connectivity index (χ3v) is 2.60. The Bertz CT molecular complexity index is 538. The molecule has 1 amide bonds. The van der Waals surface area contributed by atoms with Crippen molar-refractivity contribution < 1.29 is 18.7 Å². The summed E-state index contributed by atoms with van der Waals surface area (Å²) in [5, 5.41) is 12.7. The second-order valence-electron chi connectivity index (χ2n) is 4.32. The van der Waals surface area contributed by atoms with Crippen LogP contribution in [0.25, 0.3) is 6.08 Å². The summed E-state index contributed by atoms with van der Waals surface area (Å²) in [6, 6.07) is 6.81. The minimum absolute atomic E-state index is 0.0574. The first-order valence-electron chi connectivity index (χ1n) is 5.84. The summed E-state index contributed by atoms with van der Waals surface area (Å²) in [6.07, 6.45) is 5.90. The number of rotatable bonds is 5. The minimum Gasteiger partial charge on any atom is -0.466 e. The van der Waals surface area contributed by atoms with E-state index in [0.29, 0.717) is 11.5 Å². The zero-order valence-electron chi connectivity index (χ0n) is 10.5. The molecule has 0 saturated heterocycles. The normalized spacial score (nSPS) is 14.4. The molecule has 2 rings (SSSR count). The Balaban J connectivity index is 1.87. The van der Waals surface area contributed by atoms with E-state index >= 15 is 0 Å². The van der Waals surface area contributed by atoms with Crippen LogP contribution in [0, 0.1) is 0 Å². The summed E-state index contributed by atoms with van der Waals surface area (Å²) in [5.41, 5.74) is -1.24. The molecule has 1 atom stereocenters. The van der Waals surface area contributed by atoms with Gasteiger partial charge in [0.15, 0.2) is 0 Å². The molecule has 2 aromatic heterocycles. The number of aliphatic hydroxyl groups is 1. The third-order valence-electron chi connectivity index (χ3n) is 2.60. The third kappa shape index (κ3) is 3.59. The van der Waals surface area contributed by atoms with Crippen molar-refractivity contribution in [2.24, 2.45) is 0 Å². The lowest BCUT2D eigenvalue weighted by molar-refractivity contribution is -0.117. The highest BCUT2D eigenvalue weighted by Crippen LogP contribution is 2.19. The Kier molecular flexibility index (Phi) is 3.87. The molecule has 0 aromatic carbocycles. The molecule has 100 valence electrons. The maximum atomic E-state index is 11.6. The standard InChI is InChI=1S/C14H15NO4/c1-14(17,12-5-3-9-19-12)10-15-13(16)7-6-11-4-2-8-18-11/h2-9,17H,10H2,1H3,(H,15,16)/b7-6+. The fourth-order valence-corrected chi connectivity index (χ4v) is 1.53. The van der Waals surface area contributed by atoms with Crippen molar-refractivity contribution in [3.05, 3.63) is 54.4 Å². The smallest absolute Gasteiger partial charge is 0.244 e. The number of hydrogen-bond acceptors (Lipinski definition) is 4. The molecule has 2 heterocycles. The highest BCUT2D eigenvalue weighted by molar-refractivity contribution is 5.91. The van der Waals surface area contributed by atoms with Crippen LogP contribution in [0.5, 0.6) is 0 Å².